The van der Waals surface area contributed by atoms with Crippen LogP contribution in [0.25, 0.3) is 11.0 Å². The molecule has 2 N–H and O–H groups in total. The number of nitrogens with one attached hydrogen (secondary N) is 1. The summed E-state index contributed by atoms with van der Waals surface area (Å²) in [6, 6.07) is 3.59. The highest BCUT2D eigenvalue weighted by Crippen LogP contribution is 2.19. The van der Waals surface area contributed by atoms with Gasteiger partial charge in [-0.05, 0) is 18.6 Å². The van der Waals surface area contributed by atoms with E-state index in [-0.39, 0.29) is 5.88 Å². The Balaban J connectivity index is 0.000000442. The second-order valence-electron chi connectivity index (χ2n) is 2.54. The molecule has 0 amide bonds. The van der Waals surface area contributed by atoms with Crippen LogP contribution in [0.2, 0.25) is 0 Å². The van der Waals surface area contributed by atoms with Gasteiger partial charge >= 0.3 is 0 Å². The van der Waals surface area contributed by atoms with E-state index >= 15 is 0 Å². The fraction of sp³-hybridized carbons (Fsp3) is 0.417. The molecular weight excluding hydrogens is 188 g/mol. The fourth-order valence-corrected chi connectivity index (χ4v) is 1.15. The predicted molar refractivity (Wildman–Crippen MR) is 65.2 cm³/mol. The second kappa shape index (κ2) is 6.87. The van der Waals surface area contributed by atoms with Gasteiger partial charge < -0.3 is 10.1 Å². The van der Waals surface area contributed by atoms with E-state index in [2.05, 4.69) is 9.97 Å². The Kier molecular flexibility index (Phi) is 6.18. The summed E-state index contributed by atoms with van der Waals surface area (Å²) < 4.78 is 0. The Morgan fingerprint density at radius 2 is 1.80 bits per heavy atom. The van der Waals surface area contributed by atoms with Gasteiger partial charge in [0.25, 0.3) is 0 Å². The summed E-state index contributed by atoms with van der Waals surface area (Å²) in [6.45, 7) is 9.98. The van der Waals surface area contributed by atoms with E-state index in [4.69, 9.17) is 5.11 Å². The number of nitrogens with zero attached hydrogens (tertiary/aromatic N) is 1. The number of aryl methyl sites for hydroxylation is 1. The molecule has 2 rings (SSSR count). The van der Waals surface area contributed by atoms with Gasteiger partial charge in [0.05, 0.1) is 0 Å². The lowest BCUT2D eigenvalue weighted by Gasteiger charge is -1.90. The average molecular weight is 208 g/mol. The molecular formula is C12H20N2O. The van der Waals surface area contributed by atoms with Crippen molar-refractivity contribution in [1.29, 1.82) is 0 Å². The number of aromatic amines is 1. The van der Waals surface area contributed by atoms with Crippen molar-refractivity contribution in [2.24, 2.45) is 0 Å². The minimum absolute atomic E-state index is 0.168. The topological polar surface area (TPSA) is 48.9 Å². The molecule has 0 aliphatic heterocycles. The summed E-state index contributed by atoms with van der Waals surface area (Å²) in [5.74, 6) is 0.168. The van der Waals surface area contributed by atoms with Gasteiger partial charge in [-0.3, -0.25) is 0 Å². The zero-order valence-corrected chi connectivity index (χ0v) is 10.1. The Labute approximate surface area is 91.2 Å². The molecule has 2 aromatic heterocycles. The van der Waals surface area contributed by atoms with Crippen LogP contribution in [0.4, 0.5) is 0 Å². The molecule has 3 nitrogen and oxygen atoms in total. The van der Waals surface area contributed by atoms with E-state index in [9.17, 15) is 0 Å². The predicted octanol–water partition coefficient (Wildman–Crippen LogP) is 3.63. The number of hydrogen-bond donors (Lipinski definition) is 2. The highest BCUT2D eigenvalue weighted by atomic mass is 16.3. The van der Waals surface area contributed by atoms with Gasteiger partial charge in [0.1, 0.15) is 5.65 Å². The number of aromatic hydroxyl groups is 1. The van der Waals surface area contributed by atoms with E-state index in [0.29, 0.717) is 0 Å². The van der Waals surface area contributed by atoms with Crippen LogP contribution in [-0.4, -0.2) is 15.1 Å². The van der Waals surface area contributed by atoms with Crippen LogP contribution in [0.3, 0.4) is 0 Å². The molecule has 0 fully saturated rings. The van der Waals surface area contributed by atoms with Gasteiger partial charge in [-0.15, -0.1) is 0 Å². The van der Waals surface area contributed by atoms with Crippen LogP contribution in [0, 0.1) is 6.92 Å². The minimum Gasteiger partial charge on any atom is -0.495 e. The highest BCUT2D eigenvalue weighted by Gasteiger charge is 2.00. The first-order chi connectivity index (χ1) is 7.27. The summed E-state index contributed by atoms with van der Waals surface area (Å²) in [5.41, 5.74) is 1.86. The SMILES string of the molecule is CC.CC.Cc1ccnc2[nH]c(O)cc12. The van der Waals surface area contributed by atoms with Crippen molar-refractivity contribution in [2.75, 3.05) is 0 Å². The van der Waals surface area contributed by atoms with E-state index in [1.54, 1.807) is 12.3 Å². The van der Waals surface area contributed by atoms with Gasteiger partial charge in [-0.1, -0.05) is 27.7 Å². The normalized spacial score (nSPS) is 8.60. The molecule has 2 aromatic rings. The van der Waals surface area contributed by atoms with Crippen LogP contribution < -0.4 is 0 Å². The average Bonchev–Trinajstić information content (AvgIpc) is 2.66. The van der Waals surface area contributed by atoms with Crippen LogP contribution in [0.15, 0.2) is 18.3 Å². The van der Waals surface area contributed by atoms with Crippen molar-refractivity contribution < 1.29 is 5.11 Å². The van der Waals surface area contributed by atoms with Gasteiger partial charge in [-0.25, -0.2) is 4.98 Å². The molecule has 0 atom stereocenters. The number of aromatic nitrogens is 2. The van der Waals surface area contributed by atoms with E-state index in [0.717, 1.165) is 16.6 Å². The summed E-state index contributed by atoms with van der Waals surface area (Å²) in [6.07, 6.45) is 1.72. The molecule has 0 aromatic carbocycles. The van der Waals surface area contributed by atoms with Crippen molar-refractivity contribution in [3.63, 3.8) is 0 Å². The molecule has 0 spiro atoms. The van der Waals surface area contributed by atoms with Gasteiger partial charge in [0.15, 0.2) is 5.88 Å². The van der Waals surface area contributed by atoms with Crippen molar-refractivity contribution in [2.45, 2.75) is 34.6 Å². The van der Waals surface area contributed by atoms with Crippen molar-refractivity contribution in [3.05, 3.63) is 23.9 Å². The molecule has 3 heteroatoms. The van der Waals surface area contributed by atoms with Crippen LogP contribution in [-0.2, 0) is 0 Å². The van der Waals surface area contributed by atoms with Gasteiger partial charge in [0, 0.05) is 17.6 Å². The maximum absolute atomic E-state index is 9.09. The summed E-state index contributed by atoms with van der Waals surface area (Å²) >= 11 is 0. The fourth-order valence-electron chi connectivity index (χ4n) is 1.15. The molecule has 84 valence electrons. The third kappa shape index (κ3) is 3.27. The van der Waals surface area contributed by atoms with Gasteiger partial charge in [0.2, 0.25) is 0 Å². The Morgan fingerprint density at radius 3 is 2.33 bits per heavy atom. The number of fused-ring (bicyclic) bond motifs is 1. The first-order valence-corrected chi connectivity index (χ1v) is 5.40. The number of rotatable bonds is 0. The molecule has 15 heavy (non-hydrogen) atoms. The molecule has 0 aliphatic rings. The van der Waals surface area contributed by atoms with Crippen LogP contribution >= 0.6 is 0 Å². The van der Waals surface area contributed by atoms with E-state index < -0.39 is 0 Å². The van der Waals surface area contributed by atoms with Crippen molar-refractivity contribution in [1.82, 2.24) is 9.97 Å². The molecule has 0 saturated carbocycles. The lowest BCUT2D eigenvalue weighted by molar-refractivity contribution is 0.458. The van der Waals surface area contributed by atoms with Crippen molar-refractivity contribution >= 4 is 11.0 Å². The van der Waals surface area contributed by atoms with E-state index in [1.807, 2.05) is 40.7 Å². The minimum atomic E-state index is 0.168. The largest absolute Gasteiger partial charge is 0.495 e. The third-order valence-electron chi connectivity index (χ3n) is 1.74. The summed E-state index contributed by atoms with van der Waals surface area (Å²) in [4.78, 5) is 6.79. The number of pyridine rings is 1. The summed E-state index contributed by atoms with van der Waals surface area (Å²) in [5, 5.41) is 10.1. The quantitative estimate of drug-likeness (QED) is 0.694. The molecule has 0 radical (unpaired) electrons. The van der Waals surface area contributed by atoms with Crippen molar-refractivity contribution in [3.8, 4) is 5.88 Å². The molecule has 2 heterocycles. The molecule has 0 bridgehead atoms. The monoisotopic (exact) mass is 208 g/mol. The molecule has 0 aliphatic carbocycles. The zero-order valence-electron chi connectivity index (χ0n) is 10.1. The standard InChI is InChI=1S/C8H8N2O.2C2H6/c1-5-2-3-9-8-6(5)4-7(11)10-8;2*1-2/h2-4,11H,1H3,(H,9,10);2*1-2H3. The Bertz CT molecular complexity index is 393. The maximum Gasteiger partial charge on any atom is 0.190 e. The number of H-pyrrole nitrogens is 1. The third-order valence-corrected chi connectivity index (χ3v) is 1.74. The first kappa shape index (κ1) is 13.5. The Morgan fingerprint density at radius 1 is 1.20 bits per heavy atom. The highest BCUT2D eigenvalue weighted by molar-refractivity contribution is 5.80. The van der Waals surface area contributed by atoms with Crippen LogP contribution in [0.5, 0.6) is 5.88 Å². The number of hydrogen-bond acceptors (Lipinski definition) is 2. The summed E-state index contributed by atoms with van der Waals surface area (Å²) in [7, 11) is 0. The van der Waals surface area contributed by atoms with E-state index in [1.165, 1.54) is 0 Å². The lowest BCUT2D eigenvalue weighted by atomic mass is 10.2. The maximum atomic E-state index is 9.09. The Hall–Kier alpha value is -1.51. The first-order valence-electron chi connectivity index (χ1n) is 5.40. The lowest BCUT2D eigenvalue weighted by Crippen LogP contribution is -1.77. The second-order valence-corrected chi connectivity index (χ2v) is 2.54. The zero-order chi connectivity index (χ0) is 11.8. The van der Waals surface area contributed by atoms with Gasteiger partial charge in [-0.2, -0.15) is 0 Å². The smallest absolute Gasteiger partial charge is 0.190 e. The molecule has 0 unspecified atom stereocenters. The van der Waals surface area contributed by atoms with Crippen LogP contribution in [0.1, 0.15) is 33.3 Å². The molecule has 0 saturated heterocycles.